The minimum Gasteiger partial charge on any atom is -0.497 e. The lowest BCUT2D eigenvalue weighted by Crippen LogP contribution is -2.45. The van der Waals surface area contributed by atoms with Gasteiger partial charge in [-0.15, -0.1) is 11.3 Å². The standard InChI is InChI=1S/C20H25N3O3S/c1-3-14(23-20(25)18(21)13-17-5-4-12-27-17)8-11-19(24)22-15-6-9-16(26-2)10-7-15/h4-12,14,18H,3,13,21H2,1-2H3,(H,22,24)(H,23,25)/t14-,18-/m0/s1. The number of rotatable bonds is 9. The zero-order valence-corrected chi connectivity index (χ0v) is 16.3. The van der Waals surface area contributed by atoms with Crippen LogP contribution in [0.25, 0.3) is 0 Å². The lowest BCUT2D eigenvalue weighted by Gasteiger charge is -2.16. The predicted octanol–water partition coefficient (Wildman–Crippen LogP) is 2.72. The highest BCUT2D eigenvalue weighted by Crippen LogP contribution is 2.15. The number of hydrogen-bond acceptors (Lipinski definition) is 5. The Morgan fingerprint density at radius 3 is 2.59 bits per heavy atom. The van der Waals surface area contributed by atoms with Gasteiger partial charge in [-0.3, -0.25) is 9.59 Å². The van der Waals surface area contributed by atoms with Crippen LogP contribution >= 0.6 is 11.3 Å². The van der Waals surface area contributed by atoms with Crippen molar-refractivity contribution in [2.24, 2.45) is 5.73 Å². The number of amides is 2. The van der Waals surface area contributed by atoms with Gasteiger partial charge >= 0.3 is 0 Å². The molecule has 0 spiro atoms. The van der Waals surface area contributed by atoms with Crippen LogP contribution in [0.2, 0.25) is 0 Å². The minimum absolute atomic E-state index is 0.226. The molecule has 0 saturated carbocycles. The summed E-state index contributed by atoms with van der Waals surface area (Å²) in [6.45, 7) is 1.93. The number of nitrogens with one attached hydrogen (secondary N) is 2. The SMILES string of the molecule is CC[C@@H](C=CC(=O)Nc1ccc(OC)cc1)NC(=O)[C@@H](N)Cc1cccs1. The van der Waals surface area contributed by atoms with Gasteiger partial charge in [0.15, 0.2) is 0 Å². The highest BCUT2D eigenvalue weighted by Gasteiger charge is 2.17. The van der Waals surface area contributed by atoms with Gasteiger partial charge in [0.2, 0.25) is 11.8 Å². The van der Waals surface area contributed by atoms with Gasteiger partial charge in [-0.05, 0) is 42.1 Å². The molecule has 0 aliphatic rings. The van der Waals surface area contributed by atoms with Crippen LogP contribution in [0, 0.1) is 0 Å². The Labute approximate surface area is 163 Å². The minimum atomic E-state index is -0.612. The summed E-state index contributed by atoms with van der Waals surface area (Å²) in [4.78, 5) is 25.4. The van der Waals surface area contributed by atoms with Crippen LogP contribution in [0.15, 0.2) is 53.9 Å². The van der Waals surface area contributed by atoms with Gasteiger partial charge in [0.05, 0.1) is 13.2 Å². The van der Waals surface area contributed by atoms with Crippen molar-refractivity contribution in [3.63, 3.8) is 0 Å². The number of carbonyl (C=O) groups excluding carboxylic acids is 2. The van der Waals surface area contributed by atoms with Crippen LogP contribution < -0.4 is 21.1 Å². The van der Waals surface area contributed by atoms with E-state index < -0.39 is 6.04 Å². The molecule has 0 saturated heterocycles. The Morgan fingerprint density at radius 2 is 2.00 bits per heavy atom. The molecule has 0 aliphatic carbocycles. The Kier molecular flexibility index (Phi) is 8.03. The van der Waals surface area contributed by atoms with Crippen molar-refractivity contribution in [2.75, 3.05) is 12.4 Å². The summed E-state index contributed by atoms with van der Waals surface area (Å²) in [6.07, 6.45) is 4.25. The van der Waals surface area contributed by atoms with Gasteiger partial charge in [-0.1, -0.05) is 19.1 Å². The highest BCUT2D eigenvalue weighted by molar-refractivity contribution is 7.09. The summed E-state index contributed by atoms with van der Waals surface area (Å²) >= 11 is 1.58. The Morgan fingerprint density at radius 1 is 1.26 bits per heavy atom. The quantitative estimate of drug-likeness (QED) is 0.577. The molecule has 1 aromatic carbocycles. The Hall–Kier alpha value is -2.64. The van der Waals surface area contributed by atoms with Crippen molar-refractivity contribution in [3.05, 3.63) is 58.8 Å². The molecule has 144 valence electrons. The van der Waals surface area contributed by atoms with Gasteiger partial charge in [0, 0.05) is 29.1 Å². The number of anilines is 1. The number of carbonyl (C=O) groups is 2. The molecule has 0 radical (unpaired) electrons. The second-order valence-electron chi connectivity index (χ2n) is 5.99. The summed E-state index contributed by atoms with van der Waals surface area (Å²) in [6, 6.07) is 10.1. The number of ether oxygens (including phenoxy) is 1. The molecular formula is C20H25N3O3S. The van der Waals surface area contributed by atoms with E-state index >= 15 is 0 Å². The van der Waals surface area contributed by atoms with Crippen LogP contribution in [0.5, 0.6) is 5.75 Å². The Bertz CT molecular complexity index is 757. The third-order valence-corrected chi connectivity index (χ3v) is 4.84. The zero-order valence-electron chi connectivity index (χ0n) is 15.5. The summed E-state index contributed by atoms with van der Waals surface area (Å²) in [7, 11) is 1.59. The summed E-state index contributed by atoms with van der Waals surface area (Å²) in [5.41, 5.74) is 6.64. The van der Waals surface area contributed by atoms with E-state index in [4.69, 9.17) is 10.5 Å². The van der Waals surface area contributed by atoms with Crippen molar-refractivity contribution in [3.8, 4) is 5.75 Å². The van der Waals surface area contributed by atoms with E-state index in [1.807, 2.05) is 24.4 Å². The van der Waals surface area contributed by atoms with E-state index in [1.165, 1.54) is 6.08 Å². The lowest BCUT2D eigenvalue weighted by molar-refractivity contribution is -0.122. The predicted molar refractivity (Wildman–Crippen MR) is 109 cm³/mol. The van der Waals surface area contributed by atoms with Gasteiger partial charge < -0.3 is 21.1 Å². The molecule has 6 nitrogen and oxygen atoms in total. The third-order valence-electron chi connectivity index (χ3n) is 3.94. The number of nitrogens with two attached hydrogens (primary N) is 1. The van der Waals surface area contributed by atoms with Gasteiger partial charge in [-0.2, -0.15) is 0 Å². The van der Waals surface area contributed by atoms with Crippen molar-refractivity contribution in [1.29, 1.82) is 0 Å². The molecule has 2 rings (SSSR count). The van der Waals surface area contributed by atoms with Crippen molar-refractivity contribution in [2.45, 2.75) is 31.8 Å². The summed E-state index contributed by atoms with van der Waals surface area (Å²) in [5.74, 6) is 0.224. The van der Waals surface area contributed by atoms with Gasteiger partial charge in [0.1, 0.15) is 5.75 Å². The molecule has 27 heavy (non-hydrogen) atoms. The van der Waals surface area contributed by atoms with Gasteiger partial charge in [-0.25, -0.2) is 0 Å². The fraction of sp³-hybridized carbons (Fsp3) is 0.300. The lowest BCUT2D eigenvalue weighted by atomic mass is 10.1. The maximum Gasteiger partial charge on any atom is 0.248 e. The first-order chi connectivity index (χ1) is 13.0. The first kappa shape index (κ1) is 20.7. The van der Waals surface area contributed by atoms with Crippen molar-refractivity contribution < 1.29 is 14.3 Å². The molecule has 1 heterocycles. The highest BCUT2D eigenvalue weighted by atomic mass is 32.1. The number of hydrogen-bond donors (Lipinski definition) is 3. The topological polar surface area (TPSA) is 93.5 Å². The van der Waals surface area contributed by atoms with Crippen LogP contribution in [-0.4, -0.2) is 31.0 Å². The van der Waals surface area contributed by atoms with Crippen LogP contribution in [-0.2, 0) is 16.0 Å². The molecule has 2 amide bonds. The monoisotopic (exact) mass is 387 g/mol. The first-order valence-corrected chi connectivity index (χ1v) is 9.61. The number of benzene rings is 1. The van der Waals surface area contributed by atoms with E-state index in [2.05, 4.69) is 10.6 Å². The van der Waals surface area contributed by atoms with Crippen LogP contribution in [0.4, 0.5) is 5.69 Å². The second-order valence-corrected chi connectivity index (χ2v) is 7.02. The number of methoxy groups -OCH3 is 1. The molecule has 0 unspecified atom stereocenters. The van der Waals surface area contributed by atoms with Crippen molar-refractivity contribution >= 4 is 28.8 Å². The average molecular weight is 388 g/mol. The first-order valence-electron chi connectivity index (χ1n) is 8.73. The van der Waals surface area contributed by atoms with Gasteiger partial charge in [0.25, 0.3) is 0 Å². The van der Waals surface area contributed by atoms with E-state index in [0.717, 1.165) is 10.6 Å². The molecule has 7 heteroatoms. The largest absolute Gasteiger partial charge is 0.497 e. The van der Waals surface area contributed by atoms with E-state index in [1.54, 1.807) is 48.8 Å². The third kappa shape index (κ3) is 6.88. The molecule has 1 aromatic heterocycles. The molecule has 0 fully saturated rings. The number of thiophene rings is 1. The molecule has 0 aliphatic heterocycles. The average Bonchev–Trinajstić information content (AvgIpc) is 3.18. The van der Waals surface area contributed by atoms with Crippen LogP contribution in [0.1, 0.15) is 18.2 Å². The summed E-state index contributed by atoms with van der Waals surface area (Å²) in [5, 5.41) is 7.59. The molecule has 4 N–H and O–H groups in total. The van der Waals surface area contributed by atoms with E-state index in [9.17, 15) is 9.59 Å². The fourth-order valence-electron chi connectivity index (χ4n) is 2.38. The molecule has 0 bridgehead atoms. The van der Waals surface area contributed by atoms with Crippen LogP contribution in [0.3, 0.4) is 0 Å². The normalized spacial score (nSPS) is 13.1. The molecule has 2 atom stereocenters. The molecular weight excluding hydrogens is 362 g/mol. The summed E-state index contributed by atoms with van der Waals surface area (Å²) < 4.78 is 5.08. The zero-order chi connectivity index (χ0) is 19.6. The molecule has 2 aromatic rings. The van der Waals surface area contributed by atoms with E-state index in [-0.39, 0.29) is 17.9 Å². The fourth-order valence-corrected chi connectivity index (χ4v) is 3.14. The van der Waals surface area contributed by atoms with E-state index in [0.29, 0.717) is 18.5 Å². The smallest absolute Gasteiger partial charge is 0.248 e. The Balaban J connectivity index is 1.84. The maximum atomic E-state index is 12.3. The maximum absolute atomic E-state index is 12.3. The second kappa shape index (κ2) is 10.5. The van der Waals surface area contributed by atoms with Crippen molar-refractivity contribution in [1.82, 2.24) is 5.32 Å².